The highest BCUT2D eigenvalue weighted by atomic mass is 35.5. The fraction of sp³-hybridized carbons (Fsp3) is 0.111. The molecule has 132 valence electrons. The Labute approximate surface area is 155 Å². The molecule has 0 spiro atoms. The molecule has 2 aromatic carbocycles. The topological polar surface area (TPSA) is 89.0 Å². The third-order valence-corrected chi connectivity index (χ3v) is 3.69. The molecule has 0 bridgehead atoms. The Hall–Kier alpha value is -3.19. The molecule has 0 saturated heterocycles. The first-order valence-corrected chi connectivity index (χ1v) is 8.29. The summed E-state index contributed by atoms with van der Waals surface area (Å²) in [5, 5.41) is 14.5. The number of carbonyl (C=O) groups is 1. The van der Waals surface area contributed by atoms with Gasteiger partial charge in [0.25, 0.3) is 0 Å². The molecule has 7 nitrogen and oxygen atoms in total. The van der Waals surface area contributed by atoms with Crippen LogP contribution in [0.1, 0.15) is 17.3 Å². The van der Waals surface area contributed by atoms with Gasteiger partial charge >= 0.3 is 5.97 Å². The van der Waals surface area contributed by atoms with Crippen LogP contribution in [0.3, 0.4) is 0 Å². The van der Waals surface area contributed by atoms with E-state index in [-0.39, 0.29) is 5.95 Å². The number of benzene rings is 2. The molecular formula is C18H16ClN5O2. The highest BCUT2D eigenvalue weighted by Crippen LogP contribution is 2.24. The van der Waals surface area contributed by atoms with E-state index in [0.717, 1.165) is 0 Å². The number of anilines is 4. The van der Waals surface area contributed by atoms with Crippen molar-refractivity contribution in [3.63, 3.8) is 0 Å². The molecule has 8 heteroatoms. The van der Waals surface area contributed by atoms with Crippen molar-refractivity contribution in [1.29, 1.82) is 0 Å². The van der Waals surface area contributed by atoms with Gasteiger partial charge in [-0.25, -0.2) is 4.79 Å². The van der Waals surface area contributed by atoms with E-state index in [4.69, 9.17) is 16.3 Å². The molecule has 3 rings (SSSR count). The first kappa shape index (κ1) is 17.6. The quantitative estimate of drug-likeness (QED) is 0.629. The second kappa shape index (κ2) is 8.26. The summed E-state index contributed by atoms with van der Waals surface area (Å²) < 4.78 is 5.07. The van der Waals surface area contributed by atoms with Gasteiger partial charge in [-0.05, 0) is 31.2 Å². The van der Waals surface area contributed by atoms with E-state index in [2.05, 4.69) is 25.8 Å². The minimum atomic E-state index is -0.410. The predicted molar refractivity (Wildman–Crippen MR) is 100 cm³/mol. The van der Waals surface area contributed by atoms with Crippen LogP contribution in [0.5, 0.6) is 0 Å². The van der Waals surface area contributed by atoms with Gasteiger partial charge < -0.3 is 15.4 Å². The SMILES string of the molecule is CCOC(=O)c1ccccc1Nc1cnnc(Nc2ccccc2Cl)n1. The number of rotatable bonds is 6. The number of hydrogen-bond donors (Lipinski definition) is 2. The van der Waals surface area contributed by atoms with E-state index in [1.165, 1.54) is 6.20 Å². The molecule has 0 amide bonds. The number of hydrogen-bond acceptors (Lipinski definition) is 7. The molecule has 0 aliphatic heterocycles. The maximum atomic E-state index is 12.1. The first-order valence-electron chi connectivity index (χ1n) is 7.92. The lowest BCUT2D eigenvalue weighted by Gasteiger charge is -2.11. The van der Waals surface area contributed by atoms with Crippen molar-refractivity contribution in [3.05, 3.63) is 65.3 Å². The average Bonchev–Trinajstić information content (AvgIpc) is 2.65. The summed E-state index contributed by atoms with van der Waals surface area (Å²) in [7, 11) is 0. The highest BCUT2D eigenvalue weighted by molar-refractivity contribution is 6.33. The van der Waals surface area contributed by atoms with Crippen LogP contribution >= 0.6 is 11.6 Å². The minimum Gasteiger partial charge on any atom is -0.462 e. The summed E-state index contributed by atoms with van der Waals surface area (Å²) in [5.41, 5.74) is 1.64. The molecule has 2 N–H and O–H groups in total. The zero-order valence-corrected chi connectivity index (χ0v) is 14.7. The van der Waals surface area contributed by atoms with Crippen molar-refractivity contribution in [1.82, 2.24) is 15.2 Å². The van der Waals surface area contributed by atoms with Crippen LogP contribution in [0.4, 0.5) is 23.1 Å². The lowest BCUT2D eigenvalue weighted by molar-refractivity contribution is 0.0527. The zero-order valence-electron chi connectivity index (χ0n) is 13.9. The third-order valence-electron chi connectivity index (χ3n) is 3.36. The van der Waals surface area contributed by atoms with Crippen LogP contribution in [-0.4, -0.2) is 27.8 Å². The molecule has 0 fully saturated rings. The van der Waals surface area contributed by atoms with Gasteiger partial charge in [-0.3, -0.25) is 0 Å². The standard InChI is InChI=1S/C18H16ClN5O2/c1-2-26-17(25)12-7-3-5-9-14(12)21-16-11-20-24-18(23-16)22-15-10-6-4-8-13(15)19/h3-11H,2H2,1H3,(H2,21,22,23,24). The van der Waals surface area contributed by atoms with Gasteiger partial charge in [0.2, 0.25) is 5.95 Å². The fourth-order valence-electron chi connectivity index (χ4n) is 2.22. The van der Waals surface area contributed by atoms with Gasteiger partial charge in [0.1, 0.15) is 0 Å². The smallest absolute Gasteiger partial charge is 0.340 e. The van der Waals surface area contributed by atoms with Gasteiger partial charge in [-0.2, -0.15) is 10.1 Å². The van der Waals surface area contributed by atoms with Crippen LogP contribution < -0.4 is 10.6 Å². The summed E-state index contributed by atoms with van der Waals surface area (Å²) in [6, 6.07) is 14.3. The van der Waals surface area contributed by atoms with Crippen molar-refractivity contribution < 1.29 is 9.53 Å². The number of nitrogens with one attached hydrogen (secondary N) is 2. The van der Waals surface area contributed by atoms with E-state index in [9.17, 15) is 4.79 Å². The van der Waals surface area contributed by atoms with E-state index in [0.29, 0.717) is 34.4 Å². The van der Waals surface area contributed by atoms with Crippen LogP contribution in [0.25, 0.3) is 0 Å². The second-order valence-corrected chi connectivity index (χ2v) is 5.57. The molecule has 26 heavy (non-hydrogen) atoms. The van der Waals surface area contributed by atoms with Crippen molar-refractivity contribution in [2.75, 3.05) is 17.2 Å². The first-order chi connectivity index (χ1) is 12.7. The monoisotopic (exact) mass is 369 g/mol. The maximum absolute atomic E-state index is 12.1. The summed E-state index contributed by atoms with van der Waals surface area (Å²) in [6.45, 7) is 2.06. The Kier molecular flexibility index (Phi) is 5.60. The minimum absolute atomic E-state index is 0.275. The van der Waals surface area contributed by atoms with E-state index < -0.39 is 5.97 Å². The Morgan fingerprint density at radius 3 is 2.58 bits per heavy atom. The maximum Gasteiger partial charge on any atom is 0.340 e. The zero-order chi connectivity index (χ0) is 18.4. The van der Waals surface area contributed by atoms with Crippen LogP contribution in [0.2, 0.25) is 5.02 Å². The largest absolute Gasteiger partial charge is 0.462 e. The van der Waals surface area contributed by atoms with E-state index >= 15 is 0 Å². The van der Waals surface area contributed by atoms with Crippen molar-refractivity contribution in [2.45, 2.75) is 6.92 Å². The fourth-order valence-corrected chi connectivity index (χ4v) is 2.40. The molecule has 0 unspecified atom stereocenters. The Balaban J connectivity index is 1.82. The van der Waals surface area contributed by atoms with E-state index in [1.54, 1.807) is 31.2 Å². The second-order valence-electron chi connectivity index (χ2n) is 5.16. The molecule has 0 aliphatic rings. The van der Waals surface area contributed by atoms with Crippen LogP contribution in [0.15, 0.2) is 54.7 Å². The predicted octanol–water partition coefficient (Wildman–Crippen LogP) is 4.19. The number of esters is 1. The lowest BCUT2D eigenvalue weighted by Crippen LogP contribution is -2.09. The number of carbonyl (C=O) groups excluding carboxylic acids is 1. The summed E-state index contributed by atoms with van der Waals surface area (Å²) >= 11 is 6.12. The molecule has 0 radical (unpaired) electrons. The highest BCUT2D eigenvalue weighted by Gasteiger charge is 2.13. The molecule has 3 aromatic rings. The number of halogens is 1. The van der Waals surface area contributed by atoms with Gasteiger partial charge in [-0.15, -0.1) is 5.10 Å². The third kappa shape index (κ3) is 4.25. The van der Waals surface area contributed by atoms with Crippen LogP contribution in [-0.2, 0) is 4.74 Å². The number of nitrogens with zero attached hydrogens (tertiary/aromatic N) is 3. The van der Waals surface area contributed by atoms with Crippen molar-refractivity contribution in [3.8, 4) is 0 Å². The molecule has 1 aromatic heterocycles. The van der Waals surface area contributed by atoms with Gasteiger partial charge in [0.05, 0.1) is 34.8 Å². The Morgan fingerprint density at radius 2 is 1.81 bits per heavy atom. The van der Waals surface area contributed by atoms with Crippen LogP contribution in [0, 0.1) is 0 Å². The summed E-state index contributed by atoms with van der Waals surface area (Å²) in [4.78, 5) is 16.4. The van der Waals surface area contributed by atoms with E-state index in [1.807, 2.05) is 24.3 Å². The lowest BCUT2D eigenvalue weighted by atomic mass is 10.2. The summed E-state index contributed by atoms with van der Waals surface area (Å²) in [6.07, 6.45) is 1.46. The molecular weight excluding hydrogens is 354 g/mol. The Morgan fingerprint density at radius 1 is 1.08 bits per heavy atom. The average molecular weight is 370 g/mol. The van der Waals surface area contributed by atoms with Gasteiger partial charge in [0, 0.05) is 0 Å². The Bertz CT molecular complexity index is 919. The van der Waals surface area contributed by atoms with Crippen molar-refractivity contribution >= 4 is 40.7 Å². The normalized spacial score (nSPS) is 10.2. The molecule has 0 aliphatic carbocycles. The van der Waals surface area contributed by atoms with Gasteiger partial charge in [0.15, 0.2) is 5.82 Å². The molecule has 1 heterocycles. The number of ether oxygens (including phenoxy) is 1. The number of para-hydroxylation sites is 2. The van der Waals surface area contributed by atoms with Gasteiger partial charge in [-0.1, -0.05) is 35.9 Å². The molecule has 0 atom stereocenters. The van der Waals surface area contributed by atoms with Crippen molar-refractivity contribution in [2.24, 2.45) is 0 Å². The molecule has 0 saturated carbocycles. The number of aromatic nitrogens is 3. The summed E-state index contributed by atoms with van der Waals surface area (Å²) in [5.74, 6) is 0.287.